The molecule has 1 aromatic carbocycles. The van der Waals surface area contributed by atoms with Crippen molar-refractivity contribution in [1.29, 1.82) is 0 Å². The Balaban J connectivity index is 1.51. The third-order valence-corrected chi connectivity index (χ3v) is 8.53. The molecule has 1 aliphatic carbocycles. The Bertz CT molecular complexity index is 1280. The summed E-state index contributed by atoms with van der Waals surface area (Å²) in [5.41, 5.74) is 5.90. The van der Waals surface area contributed by atoms with Crippen LogP contribution in [0.1, 0.15) is 53.4 Å². The molecule has 0 saturated carbocycles. The van der Waals surface area contributed by atoms with Gasteiger partial charge in [-0.3, -0.25) is 4.79 Å². The van der Waals surface area contributed by atoms with Crippen LogP contribution in [-0.4, -0.2) is 26.5 Å². The lowest BCUT2D eigenvalue weighted by Crippen LogP contribution is -2.02. The minimum atomic E-state index is 0.103. The first kappa shape index (κ1) is 21.0. The lowest BCUT2D eigenvalue weighted by atomic mass is 10.0. The van der Waals surface area contributed by atoms with Gasteiger partial charge in [0.15, 0.2) is 5.78 Å². The van der Waals surface area contributed by atoms with Crippen LogP contribution in [-0.2, 0) is 19.3 Å². The zero-order chi connectivity index (χ0) is 21.4. The molecule has 0 atom stereocenters. The van der Waals surface area contributed by atoms with Gasteiger partial charge >= 0.3 is 0 Å². The Labute approximate surface area is 198 Å². The maximum atomic E-state index is 12.6. The highest BCUT2D eigenvalue weighted by atomic mass is 79.9. The van der Waals surface area contributed by atoms with Gasteiger partial charge in [0.1, 0.15) is 16.2 Å². The summed E-state index contributed by atoms with van der Waals surface area (Å²) in [6.07, 6.45) is 8.47. The van der Waals surface area contributed by atoms with E-state index >= 15 is 0 Å². The maximum absolute atomic E-state index is 12.6. The summed E-state index contributed by atoms with van der Waals surface area (Å²) in [4.78, 5) is 28.0. The van der Waals surface area contributed by atoms with Crippen LogP contribution >= 0.6 is 39.0 Å². The number of pyridine rings is 1. The number of carbonyl (C=O) groups excluding carboxylic acids is 1. The van der Waals surface area contributed by atoms with Crippen LogP contribution in [0, 0.1) is 0 Å². The van der Waals surface area contributed by atoms with Crippen molar-refractivity contribution in [2.45, 2.75) is 50.5 Å². The SMILES string of the molecule is CCCCc1nc2sc3c(SCC(=O)c4ccc(Br)cc4)ncnc3c2c2c1CCC2. The fourth-order valence-electron chi connectivity index (χ4n) is 4.26. The van der Waals surface area contributed by atoms with E-state index in [1.165, 1.54) is 53.2 Å². The van der Waals surface area contributed by atoms with Crippen LogP contribution in [0.15, 0.2) is 40.1 Å². The summed E-state index contributed by atoms with van der Waals surface area (Å²) in [6.45, 7) is 2.23. The molecule has 158 valence electrons. The molecule has 31 heavy (non-hydrogen) atoms. The van der Waals surface area contributed by atoms with Crippen molar-refractivity contribution in [3.63, 3.8) is 0 Å². The fourth-order valence-corrected chi connectivity index (χ4v) is 6.67. The molecule has 3 aromatic heterocycles. The van der Waals surface area contributed by atoms with Gasteiger partial charge in [-0.1, -0.05) is 53.2 Å². The number of benzene rings is 1. The second-order valence-electron chi connectivity index (χ2n) is 7.83. The van der Waals surface area contributed by atoms with Crippen molar-refractivity contribution >= 4 is 65.2 Å². The van der Waals surface area contributed by atoms with Crippen LogP contribution in [0.4, 0.5) is 0 Å². The number of rotatable bonds is 7. The van der Waals surface area contributed by atoms with Gasteiger partial charge in [0.05, 0.1) is 16.0 Å². The van der Waals surface area contributed by atoms with E-state index in [4.69, 9.17) is 4.98 Å². The van der Waals surface area contributed by atoms with Gasteiger partial charge in [0, 0.05) is 21.1 Å². The van der Waals surface area contributed by atoms with E-state index in [0.717, 1.165) is 49.4 Å². The van der Waals surface area contributed by atoms with Crippen molar-refractivity contribution in [3.05, 3.63) is 57.4 Å². The average Bonchev–Trinajstić information content (AvgIpc) is 3.40. The van der Waals surface area contributed by atoms with E-state index in [-0.39, 0.29) is 5.78 Å². The molecule has 0 bridgehead atoms. The highest BCUT2D eigenvalue weighted by Gasteiger charge is 2.24. The van der Waals surface area contributed by atoms with Crippen molar-refractivity contribution in [2.24, 2.45) is 0 Å². The number of unbranched alkanes of at least 4 members (excludes halogenated alkanes) is 1. The predicted molar refractivity (Wildman–Crippen MR) is 133 cm³/mol. The number of aryl methyl sites for hydroxylation is 2. The van der Waals surface area contributed by atoms with Crippen LogP contribution < -0.4 is 0 Å². The van der Waals surface area contributed by atoms with Crippen LogP contribution in [0.3, 0.4) is 0 Å². The van der Waals surface area contributed by atoms with Gasteiger partial charge in [-0.25, -0.2) is 15.0 Å². The van der Waals surface area contributed by atoms with E-state index < -0.39 is 0 Å². The van der Waals surface area contributed by atoms with Crippen molar-refractivity contribution in [2.75, 3.05) is 5.75 Å². The number of nitrogens with zero attached hydrogens (tertiary/aromatic N) is 3. The molecule has 0 spiro atoms. The van der Waals surface area contributed by atoms with E-state index in [0.29, 0.717) is 5.75 Å². The number of carbonyl (C=O) groups is 1. The number of hydrogen-bond acceptors (Lipinski definition) is 6. The third kappa shape index (κ3) is 4.03. The lowest BCUT2D eigenvalue weighted by Gasteiger charge is -2.08. The van der Waals surface area contributed by atoms with Gasteiger partial charge in [-0.05, 0) is 55.4 Å². The number of thioether (sulfide) groups is 1. The summed E-state index contributed by atoms with van der Waals surface area (Å²) >= 11 is 6.59. The molecule has 0 amide bonds. The third-order valence-electron chi connectivity index (χ3n) is 5.80. The molecule has 0 radical (unpaired) electrons. The zero-order valence-electron chi connectivity index (χ0n) is 17.3. The van der Waals surface area contributed by atoms with Crippen LogP contribution in [0.25, 0.3) is 20.4 Å². The second kappa shape index (κ2) is 8.96. The molecular weight excluding hydrogens is 490 g/mol. The molecule has 3 heterocycles. The van der Waals surface area contributed by atoms with Crippen molar-refractivity contribution in [1.82, 2.24) is 15.0 Å². The first-order chi connectivity index (χ1) is 15.2. The Kier molecular flexibility index (Phi) is 6.08. The standard InChI is InChI=1S/C24H22BrN3OS2/c1-2-3-7-18-16-5-4-6-17(16)20-21-22(31-23(20)28-18)24(27-13-26-21)30-12-19(29)14-8-10-15(25)11-9-14/h8-11,13H,2-7,12H2,1H3. The molecule has 5 rings (SSSR count). The molecule has 0 aliphatic heterocycles. The van der Waals surface area contributed by atoms with E-state index in [1.807, 2.05) is 24.3 Å². The smallest absolute Gasteiger partial charge is 0.173 e. The number of halogens is 1. The number of fused-ring (bicyclic) bond motifs is 5. The molecule has 4 nitrogen and oxygen atoms in total. The average molecular weight is 512 g/mol. The number of hydrogen-bond donors (Lipinski definition) is 0. The first-order valence-electron chi connectivity index (χ1n) is 10.6. The van der Waals surface area contributed by atoms with Gasteiger partial charge < -0.3 is 0 Å². The van der Waals surface area contributed by atoms with E-state index in [1.54, 1.807) is 17.7 Å². The van der Waals surface area contributed by atoms with Gasteiger partial charge in [-0.2, -0.15) is 0 Å². The van der Waals surface area contributed by atoms with E-state index in [2.05, 4.69) is 32.8 Å². The first-order valence-corrected chi connectivity index (χ1v) is 13.2. The Morgan fingerprint density at radius 2 is 1.97 bits per heavy atom. The second-order valence-corrected chi connectivity index (χ2v) is 10.7. The molecule has 4 aromatic rings. The largest absolute Gasteiger partial charge is 0.293 e. The normalized spacial score (nSPS) is 13.2. The Hall–Kier alpha value is -1.83. The topological polar surface area (TPSA) is 55.7 Å². The summed E-state index contributed by atoms with van der Waals surface area (Å²) in [6, 6.07) is 7.50. The maximum Gasteiger partial charge on any atom is 0.173 e. The Morgan fingerprint density at radius 3 is 2.77 bits per heavy atom. The summed E-state index contributed by atoms with van der Waals surface area (Å²) in [5, 5.41) is 2.09. The minimum absolute atomic E-state index is 0.103. The van der Waals surface area contributed by atoms with Gasteiger partial charge in [0.2, 0.25) is 0 Å². The van der Waals surface area contributed by atoms with Crippen LogP contribution in [0.5, 0.6) is 0 Å². The minimum Gasteiger partial charge on any atom is -0.293 e. The molecule has 0 N–H and O–H groups in total. The number of Topliss-reactive ketones (excluding diaryl/α,β-unsaturated/α-hetero) is 1. The zero-order valence-corrected chi connectivity index (χ0v) is 20.5. The molecule has 0 unspecified atom stereocenters. The highest BCUT2D eigenvalue weighted by Crippen LogP contribution is 2.42. The van der Waals surface area contributed by atoms with Crippen molar-refractivity contribution < 1.29 is 4.79 Å². The summed E-state index contributed by atoms with van der Waals surface area (Å²) in [5.74, 6) is 0.459. The fraction of sp³-hybridized carbons (Fsp3) is 0.333. The van der Waals surface area contributed by atoms with E-state index in [9.17, 15) is 4.79 Å². The number of aromatic nitrogens is 3. The molecule has 1 aliphatic rings. The molecule has 7 heteroatoms. The molecule has 0 fully saturated rings. The molecular formula is C24H22BrN3OS2. The predicted octanol–water partition coefficient (Wildman–Crippen LogP) is 6.81. The van der Waals surface area contributed by atoms with Gasteiger partial charge in [0.25, 0.3) is 0 Å². The summed E-state index contributed by atoms with van der Waals surface area (Å²) in [7, 11) is 0. The quantitative estimate of drug-likeness (QED) is 0.155. The highest BCUT2D eigenvalue weighted by molar-refractivity contribution is 9.10. The van der Waals surface area contributed by atoms with Crippen molar-refractivity contribution in [3.8, 4) is 0 Å². The van der Waals surface area contributed by atoms with Gasteiger partial charge in [-0.15, -0.1) is 11.3 Å². The lowest BCUT2D eigenvalue weighted by molar-refractivity contribution is 0.102. The Morgan fingerprint density at radius 1 is 1.16 bits per heavy atom. The number of ketones is 1. The molecule has 0 saturated heterocycles. The monoisotopic (exact) mass is 511 g/mol. The number of thiophene rings is 1. The van der Waals surface area contributed by atoms with Crippen LogP contribution in [0.2, 0.25) is 0 Å². The summed E-state index contributed by atoms with van der Waals surface area (Å²) < 4.78 is 2.03.